The Balaban J connectivity index is 2.77. The van der Waals surface area contributed by atoms with E-state index in [1.54, 1.807) is 37.3 Å². The number of para-hydroxylation sites is 1. The second-order valence-electron chi connectivity index (χ2n) is 2.78. The van der Waals surface area contributed by atoms with E-state index in [1.807, 2.05) is 0 Å². The van der Waals surface area contributed by atoms with Gasteiger partial charge in [-0.3, -0.25) is 4.55 Å². The molecule has 5 heteroatoms. The summed E-state index contributed by atoms with van der Waals surface area (Å²) in [5.74, 6) is 0.428. The molecule has 1 atom stereocenters. The van der Waals surface area contributed by atoms with Crippen molar-refractivity contribution in [3.8, 4) is 5.75 Å². The SMILES string of the molecule is CCC(Oc1ccccc1)S(=O)(=O)O. The largest absolute Gasteiger partial charge is 0.472 e. The van der Waals surface area contributed by atoms with E-state index in [9.17, 15) is 8.42 Å². The molecule has 0 bridgehead atoms. The molecular weight excluding hydrogens is 204 g/mol. The van der Waals surface area contributed by atoms with Crippen molar-refractivity contribution >= 4 is 10.1 Å². The minimum absolute atomic E-state index is 0.202. The van der Waals surface area contributed by atoms with Crippen LogP contribution in [0.1, 0.15) is 13.3 Å². The number of hydrogen-bond acceptors (Lipinski definition) is 3. The first-order chi connectivity index (χ1) is 6.54. The van der Waals surface area contributed by atoms with Crippen LogP contribution >= 0.6 is 0 Å². The summed E-state index contributed by atoms with van der Waals surface area (Å²) < 4.78 is 35.5. The molecule has 0 fully saturated rings. The van der Waals surface area contributed by atoms with Gasteiger partial charge in [-0.1, -0.05) is 25.1 Å². The van der Waals surface area contributed by atoms with Gasteiger partial charge in [0.2, 0.25) is 5.44 Å². The summed E-state index contributed by atoms with van der Waals surface area (Å²) in [5, 5.41) is 0. The van der Waals surface area contributed by atoms with E-state index in [1.165, 1.54) is 0 Å². The first kappa shape index (κ1) is 11.0. The van der Waals surface area contributed by atoms with Gasteiger partial charge in [-0.05, 0) is 18.6 Å². The molecule has 0 radical (unpaired) electrons. The van der Waals surface area contributed by atoms with E-state index in [0.717, 1.165) is 0 Å². The Kier molecular flexibility index (Phi) is 3.49. The molecule has 0 aliphatic carbocycles. The molecule has 0 aromatic heterocycles. The highest BCUT2D eigenvalue weighted by molar-refractivity contribution is 7.86. The molecule has 1 aromatic carbocycles. The summed E-state index contributed by atoms with van der Waals surface area (Å²) in [6.07, 6.45) is 0.202. The zero-order chi connectivity index (χ0) is 10.6. The molecule has 0 aliphatic heterocycles. The van der Waals surface area contributed by atoms with Gasteiger partial charge < -0.3 is 4.74 Å². The summed E-state index contributed by atoms with van der Waals surface area (Å²) in [4.78, 5) is 0. The van der Waals surface area contributed by atoms with Crippen LogP contribution in [0, 0.1) is 0 Å². The predicted octanol–water partition coefficient (Wildman–Crippen LogP) is 1.69. The van der Waals surface area contributed by atoms with Gasteiger partial charge in [-0.2, -0.15) is 8.42 Å². The Bertz CT molecular complexity index is 371. The molecular formula is C9H12O4S. The van der Waals surface area contributed by atoms with Crippen LogP contribution in [0.5, 0.6) is 5.75 Å². The lowest BCUT2D eigenvalue weighted by molar-refractivity contribution is 0.253. The number of hydrogen-bond donors (Lipinski definition) is 1. The minimum Gasteiger partial charge on any atom is -0.472 e. The second kappa shape index (κ2) is 4.43. The summed E-state index contributed by atoms with van der Waals surface area (Å²) in [6.45, 7) is 1.63. The molecule has 0 saturated heterocycles. The number of rotatable bonds is 4. The van der Waals surface area contributed by atoms with Crippen molar-refractivity contribution < 1.29 is 17.7 Å². The Morgan fingerprint density at radius 3 is 2.36 bits per heavy atom. The van der Waals surface area contributed by atoms with Crippen LogP contribution in [-0.2, 0) is 10.1 Å². The van der Waals surface area contributed by atoms with E-state index in [0.29, 0.717) is 5.75 Å². The molecule has 1 unspecified atom stereocenters. The smallest absolute Gasteiger partial charge is 0.303 e. The maximum Gasteiger partial charge on any atom is 0.303 e. The lowest BCUT2D eigenvalue weighted by Crippen LogP contribution is -2.25. The van der Waals surface area contributed by atoms with Crippen LogP contribution in [0.25, 0.3) is 0 Å². The van der Waals surface area contributed by atoms with Crippen molar-refractivity contribution in [3.63, 3.8) is 0 Å². The van der Waals surface area contributed by atoms with Gasteiger partial charge >= 0.3 is 10.1 Å². The fraction of sp³-hybridized carbons (Fsp3) is 0.333. The fourth-order valence-corrected chi connectivity index (χ4v) is 1.66. The van der Waals surface area contributed by atoms with E-state index in [4.69, 9.17) is 9.29 Å². The van der Waals surface area contributed by atoms with Gasteiger partial charge in [0.25, 0.3) is 0 Å². The first-order valence-electron chi connectivity index (χ1n) is 4.22. The Hall–Kier alpha value is -1.07. The third-order valence-electron chi connectivity index (χ3n) is 1.68. The van der Waals surface area contributed by atoms with Crippen molar-refractivity contribution in [2.24, 2.45) is 0 Å². The zero-order valence-corrected chi connectivity index (χ0v) is 8.57. The highest BCUT2D eigenvalue weighted by Gasteiger charge is 2.22. The molecule has 1 aromatic rings. The number of ether oxygens (including phenoxy) is 1. The first-order valence-corrected chi connectivity index (χ1v) is 5.72. The quantitative estimate of drug-likeness (QED) is 0.778. The van der Waals surface area contributed by atoms with Crippen molar-refractivity contribution in [2.45, 2.75) is 18.8 Å². The third kappa shape index (κ3) is 3.01. The van der Waals surface area contributed by atoms with Crippen LogP contribution in [-0.4, -0.2) is 18.4 Å². The molecule has 1 N–H and O–H groups in total. The molecule has 1 rings (SSSR count). The summed E-state index contributed by atoms with van der Waals surface area (Å²) in [6, 6.07) is 8.51. The number of benzene rings is 1. The standard InChI is InChI=1S/C9H12O4S/c1-2-9(14(10,11)12)13-8-6-4-3-5-7-8/h3-7,9H,2H2,1H3,(H,10,11,12). The van der Waals surface area contributed by atoms with Crippen LogP contribution in [0.15, 0.2) is 30.3 Å². The highest BCUT2D eigenvalue weighted by Crippen LogP contribution is 2.14. The summed E-state index contributed by atoms with van der Waals surface area (Å²) in [5.41, 5.74) is -1.19. The average molecular weight is 216 g/mol. The van der Waals surface area contributed by atoms with Crippen LogP contribution in [0.2, 0.25) is 0 Å². The van der Waals surface area contributed by atoms with Crippen LogP contribution in [0.4, 0.5) is 0 Å². The lowest BCUT2D eigenvalue weighted by Gasteiger charge is -2.13. The van der Waals surface area contributed by atoms with Crippen LogP contribution in [0.3, 0.4) is 0 Å². The van der Waals surface area contributed by atoms with Gasteiger partial charge in [-0.15, -0.1) is 0 Å². The van der Waals surface area contributed by atoms with Gasteiger partial charge in [0.1, 0.15) is 5.75 Å². The van der Waals surface area contributed by atoms with Crippen molar-refractivity contribution in [2.75, 3.05) is 0 Å². The Morgan fingerprint density at radius 1 is 1.36 bits per heavy atom. The normalized spacial score (nSPS) is 13.6. The summed E-state index contributed by atoms with van der Waals surface area (Å²) >= 11 is 0. The topological polar surface area (TPSA) is 63.6 Å². The minimum atomic E-state index is -4.14. The van der Waals surface area contributed by atoms with Gasteiger partial charge in [-0.25, -0.2) is 0 Å². The zero-order valence-electron chi connectivity index (χ0n) is 7.75. The molecule has 0 amide bonds. The fourth-order valence-electron chi connectivity index (χ4n) is 1.01. The second-order valence-corrected chi connectivity index (χ2v) is 4.34. The van der Waals surface area contributed by atoms with E-state index < -0.39 is 15.6 Å². The molecule has 0 aliphatic rings. The van der Waals surface area contributed by atoms with Crippen molar-refractivity contribution in [1.82, 2.24) is 0 Å². The van der Waals surface area contributed by atoms with E-state index in [2.05, 4.69) is 0 Å². The molecule has 78 valence electrons. The predicted molar refractivity (Wildman–Crippen MR) is 52.7 cm³/mol. The van der Waals surface area contributed by atoms with Crippen LogP contribution < -0.4 is 4.74 Å². The average Bonchev–Trinajstić information content (AvgIpc) is 2.14. The van der Waals surface area contributed by atoms with E-state index in [-0.39, 0.29) is 6.42 Å². The maximum atomic E-state index is 10.8. The Labute approximate surface area is 83.3 Å². The van der Waals surface area contributed by atoms with Gasteiger partial charge in [0.15, 0.2) is 0 Å². The third-order valence-corrected chi connectivity index (χ3v) is 2.77. The lowest BCUT2D eigenvalue weighted by atomic mass is 10.3. The van der Waals surface area contributed by atoms with Gasteiger partial charge in [0.05, 0.1) is 0 Å². The highest BCUT2D eigenvalue weighted by atomic mass is 32.2. The monoisotopic (exact) mass is 216 g/mol. The molecule has 0 spiro atoms. The van der Waals surface area contributed by atoms with Crippen molar-refractivity contribution in [1.29, 1.82) is 0 Å². The molecule has 0 heterocycles. The summed E-state index contributed by atoms with van der Waals surface area (Å²) in [7, 11) is -4.14. The van der Waals surface area contributed by atoms with E-state index >= 15 is 0 Å². The molecule has 0 saturated carbocycles. The van der Waals surface area contributed by atoms with Gasteiger partial charge in [0, 0.05) is 0 Å². The Morgan fingerprint density at radius 2 is 1.93 bits per heavy atom. The molecule has 14 heavy (non-hydrogen) atoms. The molecule has 4 nitrogen and oxygen atoms in total. The van der Waals surface area contributed by atoms with Crippen molar-refractivity contribution in [3.05, 3.63) is 30.3 Å². The maximum absolute atomic E-state index is 10.8.